The molecule has 0 bridgehead atoms. The number of amides is 2. The zero-order valence-electron chi connectivity index (χ0n) is 12.9. The van der Waals surface area contributed by atoms with E-state index in [2.05, 4.69) is 15.7 Å². The standard InChI is InChI=1S/C17H17ClN4O2/c18-15-5-3-13(4-6-15)10-20-17(23)19-7-8-22-12-14(11-21-22)16-2-1-9-24-16/h1-6,9,11-12H,7-8,10H2,(H2,19,20,23). The van der Waals surface area contributed by atoms with Gasteiger partial charge in [-0.2, -0.15) is 5.10 Å². The van der Waals surface area contributed by atoms with Crippen molar-refractivity contribution in [1.82, 2.24) is 20.4 Å². The molecule has 0 aliphatic heterocycles. The lowest BCUT2D eigenvalue weighted by atomic mass is 10.2. The maximum Gasteiger partial charge on any atom is 0.315 e. The molecule has 3 aromatic rings. The van der Waals surface area contributed by atoms with E-state index in [9.17, 15) is 4.79 Å². The van der Waals surface area contributed by atoms with Crippen LogP contribution in [0, 0.1) is 0 Å². The van der Waals surface area contributed by atoms with Gasteiger partial charge in [0, 0.05) is 24.3 Å². The van der Waals surface area contributed by atoms with Crippen molar-refractivity contribution in [1.29, 1.82) is 0 Å². The third kappa shape index (κ3) is 4.39. The molecule has 2 heterocycles. The average Bonchev–Trinajstić information content (AvgIpc) is 3.25. The fraction of sp³-hybridized carbons (Fsp3) is 0.176. The van der Waals surface area contributed by atoms with Gasteiger partial charge in [0.15, 0.2) is 0 Å². The van der Waals surface area contributed by atoms with Gasteiger partial charge in [-0.25, -0.2) is 4.79 Å². The first-order chi connectivity index (χ1) is 11.7. The van der Waals surface area contributed by atoms with Crippen LogP contribution in [0.25, 0.3) is 11.3 Å². The van der Waals surface area contributed by atoms with Crippen molar-refractivity contribution in [2.24, 2.45) is 0 Å². The summed E-state index contributed by atoms with van der Waals surface area (Å²) in [6, 6.07) is 10.8. The van der Waals surface area contributed by atoms with Gasteiger partial charge >= 0.3 is 6.03 Å². The summed E-state index contributed by atoms with van der Waals surface area (Å²) in [5.74, 6) is 0.773. The van der Waals surface area contributed by atoms with Crippen molar-refractivity contribution >= 4 is 17.6 Å². The number of hydrogen-bond acceptors (Lipinski definition) is 3. The molecule has 7 heteroatoms. The summed E-state index contributed by atoms with van der Waals surface area (Å²) < 4.78 is 7.08. The lowest BCUT2D eigenvalue weighted by Gasteiger charge is -2.08. The van der Waals surface area contributed by atoms with E-state index < -0.39 is 0 Å². The summed E-state index contributed by atoms with van der Waals surface area (Å²) in [7, 11) is 0. The van der Waals surface area contributed by atoms with Crippen LogP contribution in [-0.4, -0.2) is 22.4 Å². The molecular formula is C17H17ClN4O2. The molecule has 0 aliphatic rings. The number of carbonyl (C=O) groups excluding carboxylic acids is 1. The molecule has 3 rings (SSSR count). The van der Waals surface area contributed by atoms with Gasteiger partial charge in [0.1, 0.15) is 5.76 Å². The summed E-state index contributed by atoms with van der Waals surface area (Å²) in [4.78, 5) is 11.8. The van der Waals surface area contributed by atoms with Gasteiger partial charge in [0.25, 0.3) is 0 Å². The molecule has 2 amide bonds. The van der Waals surface area contributed by atoms with Gasteiger partial charge in [-0.15, -0.1) is 0 Å². The van der Waals surface area contributed by atoms with E-state index in [4.69, 9.17) is 16.0 Å². The highest BCUT2D eigenvalue weighted by atomic mass is 35.5. The Morgan fingerprint density at radius 2 is 2.04 bits per heavy atom. The van der Waals surface area contributed by atoms with E-state index in [1.54, 1.807) is 29.3 Å². The molecule has 1 aromatic carbocycles. The minimum atomic E-state index is -0.219. The molecule has 2 N–H and O–H groups in total. The van der Waals surface area contributed by atoms with Gasteiger partial charge in [-0.1, -0.05) is 23.7 Å². The van der Waals surface area contributed by atoms with E-state index in [1.807, 2.05) is 30.5 Å². The van der Waals surface area contributed by atoms with Crippen LogP contribution in [0.2, 0.25) is 5.02 Å². The molecule has 0 radical (unpaired) electrons. The van der Waals surface area contributed by atoms with Crippen LogP contribution in [0.1, 0.15) is 5.56 Å². The van der Waals surface area contributed by atoms with E-state index in [-0.39, 0.29) is 6.03 Å². The number of nitrogens with one attached hydrogen (secondary N) is 2. The molecule has 0 unspecified atom stereocenters. The highest BCUT2D eigenvalue weighted by Crippen LogP contribution is 2.18. The van der Waals surface area contributed by atoms with Crippen LogP contribution >= 0.6 is 11.6 Å². The maximum atomic E-state index is 11.8. The van der Waals surface area contributed by atoms with Gasteiger partial charge in [0.2, 0.25) is 0 Å². The molecular weight excluding hydrogens is 328 g/mol. The maximum absolute atomic E-state index is 11.8. The molecule has 0 fully saturated rings. The first-order valence-electron chi connectivity index (χ1n) is 7.53. The largest absolute Gasteiger partial charge is 0.464 e. The molecule has 24 heavy (non-hydrogen) atoms. The zero-order chi connectivity index (χ0) is 16.8. The number of halogens is 1. The number of nitrogens with zero attached hydrogens (tertiary/aromatic N) is 2. The molecule has 6 nitrogen and oxygen atoms in total. The second-order valence-corrected chi connectivity index (χ2v) is 5.64. The van der Waals surface area contributed by atoms with Crippen LogP contribution in [0.5, 0.6) is 0 Å². The fourth-order valence-corrected chi connectivity index (χ4v) is 2.31. The Hall–Kier alpha value is -2.73. The Bertz CT molecular complexity index is 781. The molecule has 0 atom stereocenters. The van der Waals surface area contributed by atoms with Crippen molar-refractivity contribution in [3.8, 4) is 11.3 Å². The third-order valence-electron chi connectivity index (χ3n) is 3.43. The smallest absolute Gasteiger partial charge is 0.315 e. The summed E-state index contributed by atoms with van der Waals surface area (Å²) in [5, 5.41) is 10.5. The molecule has 0 spiro atoms. The summed E-state index contributed by atoms with van der Waals surface area (Å²) in [5.41, 5.74) is 1.90. The number of carbonyl (C=O) groups is 1. The van der Waals surface area contributed by atoms with E-state index >= 15 is 0 Å². The highest BCUT2D eigenvalue weighted by molar-refractivity contribution is 6.30. The third-order valence-corrected chi connectivity index (χ3v) is 3.68. The predicted octanol–water partition coefficient (Wildman–Crippen LogP) is 3.30. The Labute approximate surface area is 144 Å². The Balaban J connectivity index is 1.40. The van der Waals surface area contributed by atoms with Gasteiger partial charge in [-0.3, -0.25) is 4.68 Å². The van der Waals surface area contributed by atoms with E-state index in [0.29, 0.717) is 24.7 Å². The predicted molar refractivity (Wildman–Crippen MR) is 91.6 cm³/mol. The molecule has 0 saturated heterocycles. The monoisotopic (exact) mass is 344 g/mol. The summed E-state index contributed by atoms with van der Waals surface area (Å²) in [6.07, 6.45) is 5.24. The van der Waals surface area contributed by atoms with Crippen LogP contribution < -0.4 is 10.6 Å². The number of urea groups is 1. The molecule has 124 valence electrons. The number of hydrogen-bond donors (Lipinski definition) is 2. The number of furan rings is 1. The van der Waals surface area contributed by atoms with Gasteiger partial charge in [0.05, 0.1) is 24.6 Å². The second-order valence-electron chi connectivity index (χ2n) is 5.21. The number of aromatic nitrogens is 2. The fourth-order valence-electron chi connectivity index (χ4n) is 2.19. The highest BCUT2D eigenvalue weighted by Gasteiger charge is 2.05. The van der Waals surface area contributed by atoms with Crippen molar-refractivity contribution < 1.29 is 9.21 Å². The lowest BCUT2D eigenvalue weighted by Crippen LogP contribution is -2.36. The van der Waals surface area contributed by atoms with E-state index in [0.717, 1.165) is 16.9 Å². The van der Waals surface area contributed by atoms with Crippen LogP contribution in [-0.2, 0) is 13.1 Å². The SMILES string of the molecule is O=C(NCCn1cc(-c2ccco2)cn1)NCc1ccc(Cl)cc1. The molecule has 0 saturated carbocycles. The average molecular weight is 345 g/mol. The van der Waals surface area contributed by atoms with Crippen molar-refractivity contribution in [2.75, 3.05) is 6.54 Å². The Kier molecular flexibility index (Phi) is 5.18. The summed E-state index contributed by atoms with van der Waals surface area (Å²) >= 11 is 5.82. The lowest BCUT2D eigenvalue weighted by molar-refractivity contribution is 0.240. The first-order valence-corrected chi connectivity index (χ1v) is 7.91. The normalized spacial score (nSPS) is 10.5. The zero-order valence-corrected chi connectivity index (χ0v) is 13.7. The second kappa shape index (κ2) is 7.70. The topological polar surface area (TPSA) is 72.1 Å². The van der Waals surface area contributed by atoms with Gasteiger partial charge < -0.3 is 15.1 Å². The van der Waals surface area contributed by atoms with Crippen LogP contribution in [0.4, 0.5) is 4.79 Å². The molecule has 0 aliphatic carbocycles. The van der Waals surface area contributed by atoms with Crippen molar-refractivity contribution in [3.05, 3.63) is 65.6 Å². The quantitative estimate of drug-likeness (QED) is 0.720. The summed E-state index contributed by atoms with van der Waals surface area (Å²) in [6.45, 7) is 1.51. The van der Waals surface area contributed by atoms with Crippen LogP contribution in [0.3, 0.4) is 0 Å². The number of rotatable bonds is 6. The molecule has 2 aromatic heterocycles. The Morgan fingerprint density at radius 1 is 1.21 bits per heavy atom. The number of benzene rings is 1. The van der Waals surface area contributed by atoms with E-state index in [1.165, 1.54) is 0 Å². The van der Waals surface area contributed by atoms with Crippen molar-refractivity contribution in [3.63, 3.8) is 0 Å². The minimum absolute atomic E-state index is 0.219. The Morgan fingerprint density at radius 3 is 2.79 bits per heavy atom. The van der Waals surface area contributed by atoms with Crippen molar-refractivity contribution in [2.45, 2.75) is 13.1 Å². The minimum Gasteiger partial charge on any atom is -0.464 e. The first kappa shape index (κ1) is 16.1. The van der Waals surface area contributed by atoms with Crippen LogP contribution in [0.15, 0.2) is 59.5 Å². The van der Waals surface area contributed by atoms with Gasteiger partial charge in [-0.05, 0) is 29.8 Å².